The van der Waals surface area contributed by atoms with E-state index in [9.17, 15) is 31.1 Å². The quantitative estimate of drug-likeness (QED) is 0.387. The van der Waals surface area contributed by atoms with Crippen LogP contribution >= 0.6 is 0 Å². The number of aromatic nitrogens is 1. The second-order valence-corrected chi connectivity index (χ2v) is 5.86. The molecule has 0 fully saturated rings. The van der Waals surface area contributed by atoms with Crippen LogP contribution in [0, 0.1) is 0 Å². The summed E-state index contributed by atoms with van der Waals surface area (Å²) < 4.78 is 80.0. The van der Waals surface area contributed by atoms with Crippen molar-refractivity contribution < 1.29 is 31.1 Å². The standard InChI is InChI=1S/C20H11F6NO/c21-19(22,23)16-7-3-1-5-13(16)12-9-15(18(11-28)27-10-12)14-6-2-4-8-17(14)20(24,25)26/h1-11H. The molecule has 2 nitrogen and oxygen atoms in total. The smallest absolute Gasteiger partial charge is 0.296 e. The van der Waals surface area contributed by atoms with Crippen LogP contribution in [0.15, 0.2) is 60.8 Å². The molecule has 1 aromatic heterocycles. The van der Waals surface area contributed by atoms with Crippen molar-refractivity contribution in [3.63, 3.8) is 0 Å². The highest BCUT2D eigenvalue weighted by atomic mass is 19.4. The molecule has 0 saturated carbocycles. The number of alkyl halides is 6. The Morgan fingerprint density at radius 1 is 0.714 bits per heavy atom. The maximum Gasteiger partial charge on any atom is 0.417 e. The predicted octanol–water partition coefficient (Wildman–Crippen LogP) is 6.27. The largest absolute Gasteiger partial charge is 0.417 e. The third-order valence-electron chi connectivity index (χ3n) is 4.10. The number of hydrogen-bond donors (Lipinski definition) is 0. The van der Waals surface area contributed by atoms with Gasteiger partial charge in [-0.25, -0.2) is 0 Å². The Kier molecular flexibility index (Phi) is 4.97. The van der Waals surface area contributed by atoms with Crippen LogP contribution in [0.5, 0.6) is 0 Å². The molecule has 3 aromatic rings. The molecule has 0 aliphatic heterocycles. The monoisotopic (exact) mass is 395 g/mol. The van der Waals surface area contributed by atoms with E-state index in [1.165, 1.54) is 30.3 Å². The second-order valence-electron chi connectivity index (χ2n) is 5.86. The zero-order valence-electron chi connectivity index (χ0n) is 14.0. The summed E-state index contributed by atoms with van der Waals surface area (Å²) in [5, 5.41) is 0. The van der Waals surface area contributed by atoms with Crippen molar-refractivity contribution in [1.82, 2.24) is 4.98 Å². The van der Waals surface area contributed by atoms with E-state index in [-0.39, 0.29) is 34.2 Å². The van der Waals surface area contributed by atoms with Gasteiger partial charge in [-0.1, -0.05) is 36.4 Å². The zero-order chi connectivity index (χ0) is 20.5. The van der Waals surface area contributed by atoms with Gasteiger partial charge >= 0.3 is 12.4 Å². The topological polar surface area (TPSA) is 30.0 Å². The van der Waals surface area contributed by atoms with E-state index in [2.05, 4.69) is 4.98 Å². The van der Waals surface area contributed by atoms with Gasteiger partial charge in [0.1, 0.15) is 5.69 Å². The van der Waals surface area contributed by atoms with Crippen LogP contribution in [0.4, 0.5) is 26.3 Å². The molecule has 0 N–H and O–H groups in total. The molecule has 0 spiro atoms. The van der Waals surface area contributed by atoms with Crippen molar-refractivity contribution in [3.05, 3.63) is 77.6 Å². The van der Waals surface area contributed by atoms with Gasteiger partial charge in [0.25, 0.3) is 0 Å². The summed E-state index contributed by atoms with van der Waals surface area (Å²) in [4.78, 5) is 15.1. The Morgan fingerprint density at radius 2 is 1.21 bits per heavy atom. The number of benzene rings is 2. The fourth-order valence-corrected chi connectivity index (χ4v) is 2.88. The van der Waals surface area contributed by atoms with Gasteiger partial charge < -0.3 is 0 Å². The molecule has 0 radical (unpaired) electrons. The molecule has 0 aliphatic rings. The Balaban J connectivity index is 2.27. The molecule has 0 unspecified atom stereocenters. The molecule has 1 heterocycles. The molecule has 28 heavy (non-hydrogen) atoms. The lowest BCUT2D eigenvalue weighted by Crippen LogP contribution is -2.09. The average molecular weight is 395 g/mol. The van der Waals surface area contributed by atoms with Gasteiger partial charge in [0, 0.05) is 17.3 Å². The van der Waals surface area contributed by atoms with Gasteiger partial charge in [-0.3, -0.25) is 9.78 Å². The van der Waals surface area contributed by atoms with E-state index in [0.717, 1.165) is 30.5 Å². The molecule has 8 heteroatoms. The third-order valence-corrected chi connectivity index (χ3v) is 4.10. The minimum Gasteiger partial charge on any atom is -0.296 e. The SMILES string of the molecule is O=Cc1ncc(-c2ccccc2C(F)(F)F)cc1-c1ccccc1C(F)(F)F. The highest BCUT2D eigenvalue weighted by molar-refractivity contribution is 5.88. The van der Waals surface area contributed by atoms with E-state index < -0.39 is 23.5 Å². The summed E-state index contributed by atoms with van der Waals surface area (Å²) in [5.41, 5.74) is -3.10. The zero-order valence-corrected chi connectivity index (χ0v) is 14.0. The van der Waals surface area contributed by atoms with Crippen molar-refractivity contribution in [2.24, 2.45) is 0 Å². The summed E-state index contributed by atoms with van der Waals surface area (Å²) in [7, 11) is 0. The maximum absolute atomic E-state index is 13.4. The molecule has 3 rings (SSSR count). The molecular formula is C20H11F6NO. The highest BCUT2D eigenvalue weighted by Gasteiger charge is 2.35. The number of rotatable bonds is 3. The van der Waals surface area contributed by atoms with Crippen LogP contribution in [0.25, 0.3) is 22.3 Å². The van der Waals surface area contributed by atoms with Crippen molar-refractivity contribution in [1.29, 1.82) is 0 Å². The molecule has 0 bridgehead atoms. The number of hydrogen-bond acceptors (Lipinski definition) is 2. The van der Waals surface area contributed by atoms with Crippen LogP contribution in [-0.2, 0) is 12.4 Å². The summed E-state index contributed by atoms with van der Waals surface area (Å²) in [6.45, 7) is 0. The van der Waals surface area contributed by atoms with E-state index in [4.69, 9.17) is 0 Å². The maximum atomic E-state index is 13.4. The molecule has 0 aliphatic carbocycles. The predicted molar refractivity (Wildman–Crippen MR) is 90.5 cm³/mol. The van der Waals surface area contributed by atoms with Crippen LogP contribution in [0.3, 0.4) is 0 Å². The van der Waals surface area contributed by atoms with Crippen molar-refractivity contribution in [3.8, 4) is 22.3 Å². The van der Waals surface area contributed by atoms with E-state index in [1.54, 1.807) is 0 Å². The first-order chi connectivity index (χ1) is 13.1. The average Bonchev–Trinajstić information content (AvgIpc) is 2.66. The first-order valence-electron chi connectivity index (χ1n) is 7.91. The van der Waals surface area contributed by atoms with Gasteiger partial charge in [-0.15, -0.1) is 0 Å². The van der Waals surface area contributed by atoms with Crippen LogP contribution in [0.2, 0.25) is 0 Å². The normalized spacial score (nSPS) is 12.1. The number of carbonyl (C=O) groups is 1. The summed E-state index contributed by atoms with van der Waals surface area (Å²) >= 11 is 0. The molecule has 144 valence electrons. The number of aldehydes is 1. The van der Waals surface area contributed by atoms with Crippen molar-refractivity contribution in [2.75, 3.05) is 0 Å². The Hall–Kier alpha value is -3.16. The summed E-state index contributed by atoms with van der Waals surface area (Å²) in [6.07, 6.45) is -8.07. The van der Waals surface area contributed by atoms with Gasteiger partial charge in [-0.05, 0) is 29.3 Å². The first-order valence-corrected chi connectivity index (χ1v) is 7.91. The van der Waals surface area contributed by atoms with Crippen molar-refractivity contribution in [2.45, 2.75) is 12.4 Å². The minimum atomic E-state index is -4.71. The minimum absolute atomic E-state index is 0.0505. The van der Waals surface area contributed by atoms with E-state index in [1.807, 2.05) is 0 Å². The van der Waals surface area contributed by atoms with Gasteiger partial charge in [0.2, 0.25) is 0 Å². The molecule has 0 atom stereocenters. The van der Waals surface area contributed by atoms with Gasteiger partial charge in [0.05, 0.1) is 11.1 Å². The first kappa shape index (κ1) is 19.6. The fraction of sp³-hybridized carbons (Fsp3) is 0.100. The van der Waals surface area contributed by atoms with E-state index in [0.29, 0.717) is 0 Å². The number of pyridine rings is 1. The lowest BCUT2D eigenvalue weighted by Gasteiger charge is -2.16. The molecule has 0 saturated heterocycles. The highest BCUT2D eigenvalue weighted by Crippen LogP contribution is 2.41. The molecule has 0 amide bonds. The molecular weight excluding hydrogens is 384 g/mol. The number of halogens is 6. The van der Waals surface area contributed by atoms with E-state index >= 15 is 0 Å². The van der Waals surface area contributed by atoms with Crippen LogP contribution < -0.4 is 0 Å². The summed E-state index contributed by atoms with van der Waals surface area (Å²) in [5.74, 6) is 0. The van der Waals surface area contributed by atoms with Gasteiger partial charge in [0.15, 0.2) is 6.29 Å². The molecule has 2 aromatic carbocycles. The number of nitrogens with zero attached hydrogens (tertiary/aromatic N) is 1. The third kappa shape index (κ3) is 3.76. The Morgan fingerprint density at radius 3 is 1.75 bits per heavy atom. The lowest BCUT2D eigenvalue weighted by molar-refractivity contribution is -0.137. The fourth-order valence-electron chi connectivity index (χ4n) is 2.88. The lowest BCUT2D eigenvalue weighted by atomic mass is 9.94. The summed E-state index contributed by atoms with van der Waals surface area (Å²) in [6, 6.07) is 10.3. The van der Waals surface area contributed by atoms with Crippen LogP contribution in [-0.4, -0.2) is 11.3 Å². The Bertz CT molecular complexity index is 1020. The second kappa shape index (κ2) is 7.10. The van der Waals surface area contributed by atoms with Crippen LogP contribution in [0.1, 0.15) is 21.6 Å². The Labute approximate surface area is 155 Å². The van der Waals surface area contributed by atoms with Crippen molar-refractivity contribution >= 4 is 6.29 Å². The number of carbonyl (C=O) groups excluding carboxylic acids is 1. The van der Waals surface area contributed by atoms with Gasteiger partial charge in [-0.2, -0.15) is 26.3 Å².